The van der Waals surface area contributed by atoms with E-state index in [0.29, 0.717) is 0 Å². The molecule has 0 aliphatic carbocycles. The molecule has 0 spiro atoms. The van der Waals surface area contributed by atoms with Gasteiger partial charge in [0.1, 0.15) is 11.5 Å². The van der Waals surface area contributed by atoms with Crippen LogP contribution in [-0.2, 0) is 4.74 Å². The van der Waals surface area contributed by atoms with Gasteiger partial charge in [-0.1, -0.05) is 11.6 Å². The fourth-order valence-electron chi connectivity index (χ4n) is 1.73. The van der Waals surface area contributed by atoms with Gasteiger partial charge in [0.05, 0.1) is 20.8 Å². The molecule has 19 heavy (non-hydrogen) atoms. The van der Waals surface area contributed by atoms with Gasteiger partial charge >= 0.3 is 0 Å². The molecule has 0 fully saturated rings. The molecule has 4 heteroatoms. The third-order valence-electron chi connectivity index (χ3n) is 2.73. The summed E-state index contributed by atoms with van der Waals surface area (Å²) in [4.78, 5) is 0. The summed E-state index contributed by atoms with van der Waals surface area (Å²) in [5.41, 5.74) is 2.25. The Morgan fingerprint density at radius 3 is 2.63 bits per heavy atom. The molecule has 0 radical (unpaired) electrons. The molecule has 1 rings (SSSR count). The van der Waals surface area contributed by atoms with Gasteiger partial charge in [-0.3, -0.25) is 0 Å². The molecule has 0 aromatic heterocycles. The van der Waals surface area contributed by atoms with Crippen LogP contribution in [0.15, 0.2) is 23.8 Å². The van der Waals surface area contributed by atoms with Crippen LogP contribution in [0.3, 0.4) is 0 Å². The summed E-state index contributed by atoms with van der Waals surface area (Å²) < 4.78 is 15.6. The van der Waals surface area contributed by atoms with Crippen LogP contribution in [0.1, 0.15) is 12.5 Å². The van der Waals surface area contributed by atoms with Crippen LogP contribution in [0, 0.1) is 0 Å². The SMILES string of the molecule is COCCNCC(C)=Cc1cc(OC)ccc1OC. The van der Waals surface area contributed by atoms with E-state index in [2.05, 4.69) is 18.3 Å². The van der Waals surface area contributed by atoms with Gasteiger partial charge in [-0.25, -0.2) is 0 Å². The largest absolute Gasteiger partial charge is 0.497 e. The highest BCUT2D eigenvalue weighted by molar-refractivity contribution is 5.61. The lowest BCUT2D eigenvalue weighted by Gasteiger charge is -2.09. The van der Waals surface area contributed by atoms with Gasteiger partial charge in [0.25, 0.3) is 0 Å². The minimum atomic E-state index is 0.718. The molecule has 106 valence electrons. The zero-order chi connectivity index (χ0) is 14.1. The second kappa shape index (κ2) is 8.56. The lowest BCUT2D eigenvalue weighted by Crippen LogP contribution is -2.20. The molecule has 0 unspecified atom stereocenters. The summed E-state index contributed by atoms with van der Waals surface area (Å²) in [6, 6.07) is 5.77. The molecule has 0 bridgehead atoms. The summed E-state index contributed by atoms with van der Waals surface area (Å²) in [7, 11) is 5.03. The Bertz CT molecular complexity index is 416. The predicted octanol–water partition coefficient (Wildman–Crippen LogP) is 2.34. The molecule has 0 atom stereocenters. The third-order valence-corrected chi connectivity index (χ3v) is 2.73. The minimum absolute atomic E-state index is 0.718. The number of benzene rings is 1. The first-order chi connectivity index (χ1) is 9.21. The van der Waals surface area contributed by atoms with Gasteiger partial charge < -0.3 is 19.5 Å². The van der Waals surface area contributed by atoms with E-state index in [1.54, 1.807) is 21.3 Å². The van der Waals surface area contributed by atoms with Crippen molar-refractivity contribution < 1.29 is 14.2 Å². The zero-order valence-electron chi connectivity index (χ0n) is 12.2. The van der Waals surface area contributed by atoms with Gasteiger partial charge in [0.15, 0.2) is 0 Å². The molecule has 0 aliphatic rings. The average Bonchev–Trinajstić information content (AvgIpc) is 2.43. The van der Waals surface area contributed by atoms with Crippen molar-refractivity contribution >= 4 is 6.08 Å². The fourth-order valence-corrected chi connectivity index (χ4v) is 1.73. The first-order valence-electron chi connectivity index (χ1n) is 6.30. The molecule has 0 saturated carbocycles. The number of hydrogen-bond acceptors (Lipinski definition) is 4. The van der Waals surface area contributed by atoms with E-state index < -0.39 is 0 Å². The van der Waals surface area contributed by atoms with Gasteiger partial charge in [-0.15, -0.1) is 0 Å². The second-order valence-corrected chi connectivity index (χ2v) is 4.27. The Hall–Kier alpha value is -1.52. The second-order valence-electron chi connectivity index (χ2n) is 4.27. The number of nitrogens with one attached hydrogen (secondary N) is 1. The van der Waals surface area contributed by atoms with Crippen molar-refractivity contribution in [2.75, 3.05) is 41.0 Å². The Balaban J connectivity index is 2.72. The molecule has 0 amide bonds. The highest BCUT2D eigenvalue weighted by Gasteiger charge is 2.03. The number of ether oxygens (including phenoxy) is 3. The van der Waals surface area contributed by atoms with Crippen LogP contribution in [0.2, 0.25) is 0 Å². The first-order valence-corrected chi connectivity index (χ1v) is 6.30. The van der Waals surface area contributed by atoms with Crippen molar-refractivity contribution in [1.82, 2.24) is 5.32 Å². The standard InChI is InChI=1S/C15H23NO3/c1-12(11-16-7-8-17-2)9-13-10-14(18-3)5-6-15(13)19-4/h5-6,9-10,16H,7-8,11H2,1-4H3. The minimum Gasteiger partial charge on any atom is -0.497 e. The quantitative estimate of drug-likeness (QED) is 0.732. The van der Waals surface area contributed by atoms with Crippen LogP contribution in [0.5, 0.6) is 11.5 Å². The third kappa shape index (κ3) is 5.32. The molecule has 1 aromatic carbocycles. The molecule has 1 aromatic rings. The fraction of sp³-hybridized carbons (Fsp3) is 0.467. The van der Waals surface area contributed by atoms with Crippen LogP contribution in [0.4, 0.5) is 0 Å². The van der Waals surface area contributed by atoms with Crippen molar-refractivity contribution in [3.05, 3.63) is 29.3 Å². The molecule has 0 saturated heterocycles. The van der Waals surface area contributed by atoms with E-state index in [1.165, 1.54) is 5.57 Å². The van der Waals surface area contributed by atoms with Crippen molar-refractivity contribution in [2.24, 2.45) is 0 Å². The number of rotatable bonds is 8. The summed E-state index contributed by atoms with van der Waals surface area (Å²) in [6.07, 6.45) is 2.10. The maximum Gasteiger partial charge on any atom is 0.126 e. The number of methoxy groups -OCH3 is 3. The first kappa shape index (κ1) is 15.5. The van der Waals surface area contributed by atoms with Crippen molar-refractivity contribution in [1.29, 1.82) is 0 Å². The van der Waals surface area contributed by atoms with E-state index in [1.807, 2.05) is 18.2 Å². The van der Waals surface area contributed by atoms with Crippen LogP contribution in [-0.4, -0.2) is 41.0 Å². The van der Waals surface area contributed by atoms with Gasteiger partial charge in [-0.05, 0) is 25.1 Å². The Morgan fingerprint density at radius 2 is 2.00 bits per heavy atom. The Morgan fingerprint density at radius 1 is 1.21 bits per heavy atom. The maximum atomic E-state index is 5.35. The summed E-state index contributed by atoms with van der Waals surface area (Å²) >= 11 is 0. The Labute approximate surface area is 115 Å². The lowest BCUT2D eigenvalue weighted by atomic mass is 10.1. The molecule has 1 N–H and O–H groups in total. The summed E-state index contributed by atoms with van der Waals surface area (Å²) in [6.45, 7) is 4.47. The van der Waals surface area contributed by atoms with E-state index >= 15 is 0 Å². The van der Waals surface area contributed by atoms with Crippen LogP contribution >= 0.6 is 0 Å². The monoisotopic (exact) mass is 265 g/mol. The average molecular weight is 265 g/mol. The van der Waals surface area contributed by atoms with Crippen LogP contribution < -0.4 is 14.8 Å². The number of hydrogen-bond donors (Lipinski definition) is 1. The van der Waals surface area contributed by atoms with Gasteiger partial charge in [0, 0.05) is 25.8 Å². The highest BCUT2D eigenvalue weighted by atomic mass is 16.5. The van der Waals surface area contributed by atoms with E-state index in [-0.39, 0.29) is 0 Å². The zero-order valence-corrected chi connectivity index (χ0v) is 12.2. The molecular weight excluding hydrogens is 242 g/mol. The summed E-state index contributed by atoms with van der Waals surface area (Å²) in [5.74, 6) is 1.67. The lowest BCUT2D eigenvalue weighted by molar-refractivity contribution is 0.200. The molecule has 0 heterocycles. The van der Waals surface area contributed by atoms with Gasteiger partial charge in [0.2, 0.25) is 0 Å². The molecular formula is C15H23NO3. The van der Waals surface area contributed by atoms with E-state index in [0.717, 1.165) is 36.8 Å². The smallest absolute Gasteiger partial charge is 0.126 e. The van der Waals surface area contributed by atoms with Crippen LogP contribution in [0.25, 0.3) is 6.08 Å². The molecule has 0 aliphatic heterocycles. The molecule has 4 nitrogen and oxygen atoms in total. The predicted molar refractivity (Wildman–Crippen MR) is 77.9 cm³/mol. The topological polar surface area (TPSA) is 39.7 Å². The Kier molecular flexibility index (Phi) is 7.00. The van der Waals surface area contributed by atoms with Crippen molar-refractivity contribution in [3.8, 4) is 11.5 Å². The van der Waals surface area contributed by atoms with E-state index in [9.17, 15) is 0 Å². The van der Waals surface area contributed by atoms with E-state index in [4.69, 9.17) is 14.2 Å². The summed E-state index contributed by atoms with van der Waals surface area (Å²) in [5, 5.41) is 3.31. The normalized spacial score (nSPS) is 11.5. The maximum absolute atomic E-state index is 5.35. The van der Waals surface area contributed by atoms with Crippen molar-refractivity contribution in [3.63, 3.8) is 0 Å². The van der Waals surface area contributed by atoms with Crippen molar-refractivity contribution in [2.45, 2.75) is 6.92 Å². The van der Waals surface area contributed by atoms with Gasteiger partial charge in [-0.2, -0.15) is 0 Å². The highest BCUT2D eigenvalue weighted by Crippen LogP contribution is 2.25.